The van der Waals surface area contributed by atoms with E-state index >= 15 is 0 Å². The SMILES string of the molecule is CCNC(=NCC1(O)CCC1)N1CCN(C(=O)C(C)C)CC1.I. The number of hydrogen-bond donors (Lipinski definition) is 2. The van der Waals surface area contributed by atoms with Gasteiger partial charge in [-0.2, -0.15) is 0 Å². The van der Waals surface area contributed by atoms with Gasteiger partial charge in [-0.15, -0.1) is 24.0 Å². The average molecular weight is 438 g/mol. The minimum Gasteiger partial charge on any atom is -0.388 e. The van der Waals surface area contributed by atoms with Gasteiger partial charge in [-0.3, -0.25) is 9.79 Å². The molecule has 2 fully saturated rings. The molecule has 134 valence electrons. The summed E-state index contributed by atoms with van der Waals surface area (Å²) in [6, 6.07) is 0. The molecular formula is C16H31IN4O2. The van der Waals surface area contributed by atoms with Crippen LogP contribution in [0.25, 0.3) is 0 Å². The summed E-state index contributed by atoms with van der Waals surface area (Å²) in [5.74, 6) is 1.14. The number of aliphatic imine (C=N–C) groups is 1. The lowest BCUT2D eigenvalue weighted by atomic mass is 9.80. The molecule has 1 aliphatic carbocycles. The van der Waals surface area contributed by atoms with E-state index in [2.05, 4.69) is 15.2 Å². The third kappa shape index (κ3) is 5.48. The summed E-state index contributed by atoms with van der Waals surface area (Å²) in [5, 5.41) is 13.5. The molecule has 0 radical (unpaired) electrons. The van der Waals surface area contributed by atoms with Crippen LogP contribution in [-0.4, -0.2) is 71.6 Å². The van der Waals surface area contributed by atoms with E-state index in [-0.39, 0.29) is 35.8 Å². The van der Waals surface area contributed by atoms with Crippen molar-refractivity contribution in [2.45, 2.75) is 45.6 Å². The van der Waals surface area contributed by atoms with Crippen LogP contribution in [0.5, 0.6) is 0 Å². The number of rotatable bonds is 4. The highest BCUT2D eigenvalue weighted by atomic mass is 127. The number of carbonyl (C=O) groups excluding carboxylic acids is 1. The molecule has 0 unspecified atom stereocenters. The van der Waals surface area contributed by atoms with Gasteiger partial charge in [0, 0.05) is 38.6 Å². The zero-order valence-electron chi connectivity index (χ0n) is 14.5. The van der Waals surface area contributed by atoms with Crippen LogP contribution in [0.3, 0.4) is 0 Å². The molecule has 1 heterocycles. The van der Waals surface area contributed by atoms with Gasteiger partial charge in [0.2, 0.25) is 5.91 Å². The Morgan fingerprint density at radius 1 is 1.22 bits per heavy atom. The topological polar surface area (TPSA) is 68.2 Å². The second-order valence-electron chi connectivity index (χ2n) is 6.72. The summed E-state index contributed by atoms with van der Waals surface area (Å²) in [6.45, 7) is 10.3. The van der Waals surface area contributed by atoms with E-state index in [1.54, 1.807) is 0 Å². The monoisotopic (exact) mass is 438 g/mol. The van der Waals surface area contributed by atoms with Gasteiger partial charge in [0.1, 0.15) is 0 Å². The highest BCUT2D eigenvalue weighted by Crippen LogP contribution is 2.31. The Morgan fingerprint density at radius 2 is 1.78 bits per heavy atom. The number of piperazine rings is 1. The standard InChI is InChI=1S/C16H30N4O2.HI/c1-4-17-15(18-12-16(22)6-5-7-16)20-10-8-19(9-11-20)14(21)13(2)3;/h13,22H,4-12H2,1-3H3,(H,17,18);1H. The second-order valence-corrected chi connectivity index (χ2v) is 6.72. The molecule has 2 aliphatic rings. The van der Waals surface area contributed by atoms with Crippen LogP contribution in [0, 0.1) is 5.92 Å². The maximum absolute atomic E-state index is 12.0. The Morgan fingerprint density at radius 3 is 2.22 bits per heavy atom. The fraction of sp³-hybridized carbons (Fsp3) is 0.875. The van der Waals surface area contributed by atoms with Gasteiger partial charge in [-0.1, -0.05) is 13.8 Å². The number of guanidine groups is 1. The maximum Gasteiger partial charge on any atom is 0.225 e. The third-order valence-electron chi connectivity index (χ3n) is 4.53. The van der Waals surface area contributed by atoms with E-state index in [4.69, 9.17) is 0 Å². The molecule has 23 heavy (non-hydrogen) atoms. The summed E-state index contributed by atoms with van der Waals surface area (Å²) >= 11 is 0. The van der Waals surface area contributed by atoms with E-state index in [9.17, 15) is 9.90 Å². The minimum atomic E-state index is -0.587. The molecule has 1 aliphatic heterocycles. The number of halogens is 1. The Labute approximate surface area is 156 Å². The Balaban J connectivity index is 0.00000264. The average Bonchev–Trinajstić information content (AvgIpc) is 2.49. The molecule has 0 aromatic rings. The third-order valence-corrected chi connectivity index (χ3v) is 4.53. The van der Waals surface area contributed by atoms with E-state index in [0.717, 1.165) is 57.9 Å². The summed E-state index contributed by atoms with van der Waals surface area (Å²) in [7, 11) is 0. The summed E-state index contributed by atoms with van der Waals surface area (Å²) < 4.78 is 0. The van der Waals surface area contributed by atoms with Crippen LogP contribution in [0.2, 0.25) is 0 Å². The van der Waals surface area contributed by atoms with E-state index in [0.29, 0.717) is 6.54 Å². The molecule has 2 N–H and O–H groups in total. The lowest BCUT2D eigenvalue weighted by Crippen LogP contribution is -2.54. The minimum absolute atomic E-state index is 0. The van der Waals surface area contributed by atoms with Crippen molar-refractivity contribution in [1.82, 2.24) is 15.1 Å². The highest BCUT2D eigenvalue weighted by Gasteiger charge is 2.34. The van der Waals surface area contributed by atoms with Crippen molar-refractivity contribution < 1.29 is 9.90 Å². The van der Waals surface area contributed by atoms with Crippen molar-refractivity contribution in [2.75, 3.05) is 39.3 Å². The molecule has 6 nitrogen and oxygen atoms in total. The quantitative estimate of drug-likeness (QED) is 0.395. The lowest BCUT2D eigenvalue weighted by molar-refractivity contribution is -0.135. The van der Waals surface area contributed by atoms with E-state index < -0.39 is 5.60 Å². The smallest absolute Gasteiger partial charge is 0.225 e. The van der Waals surface area contributed by atoms with Crippen molar-refractivity contribution >= 4 is 35.8 Å². The van der Waals surface area contributed by atoms with Gasteiger partial charge < -0.3 is 20.2 Å². The molecule has 1 amide bonds. The molecule has 0 bridgehead atoms. The van der Waals surface area contributed by atoms with Crippen molar-refractivity contribution in [1.29, 1.82) is 0 Å². The normalized spacial score (nSPS) is 20.8. The fourth-order valence-corrected chi connectivity index (χ4v) is 2.89. The van der Waals surface area contributed by atoms with Crippen LogP contribution in [0.4, 0.5) is 0 Å². The van der Waals surface area contributed by atoms with Gasteiger partial charge >= 0.3 is 0 Å². The Bertz CT molecular complexity index is 416. The second kappa shape index (κ2) is 9.05. The van der Waals surface area contributed by atoms with E-state index in [1.165, 1.54) is 0 Å². The Kier molecular flexibility index (Phi) is 8.06. The molecule has 1 saturated carbocycles. The van der Waals surface area contributed by atoms with Gasteiger partial charge in [-0.05, 0) is 26.2 Å². The maximum atomic E-state index is 12.0. The van der Waals surface area contributed by atoms with Crippen molar-refractivity contribution in [3.8, 4) is 0 Å². The van der Waals surface area contributed by atoms with Gasteiger partial charge in [-0.25, -0.2) is 0 Å². The first-order valence-electron chi connectivity index (χ1n) is 8.49. The number of carbonyl (C=O) groups is 1. The predicted molar refractivity (Wildman–Crippen MR) is 103 cm³/mol. The molecule has 2 rings (SSSR count). The largest absolute Gasteiger partial charge is 0.388 e. The van der Waals surface area contributed by atoms with Gasteiger partial charge in [0.25, 0.3) is 0 Å². The van der Waals surface area contributed by atoms with Crippen molar-refractivity contribution in [3.63, 3.8) is 0 Å². The zero-order chi connectivity index (χ0) is 16.2. The van der Waals surface area contributed by atoms with Crippen molar-refractivity contribution in [3.05, 3.63) is 0 Å². The number of hydrogen-bond acceptors (Lipinski definition) is 3. The first-order chi connectivity index (χ1) is 10.4. The van der Waals surface area contributed by atoms with Crippen LogP contribution in [-0.2, 0) is 4.79 Å². The number of aliphatic hydroxyl groups is 1. The van der Waals surface area contributed by atoms with Crippen molar-refractivity contribution in [2.24, 2.45) is 10.9 Å². The van der Waals surface area contributed by atoms with Crippen LogP contribution < -0.4 is 5.32 Å². The predicted octanol–water partition coefficient (Wildman–Crippen LogP) is 1.29. The summed E-state index contributed by atoms with van der Waals surface area (Å²) in [5.41, 5.74) is -0.587. The van der Waals surface area contributed by atoms with Gasteiger partial charge in [0.05, 0.1) is 12.1 Å². The number of nitrogens with zero attached hydrogens (tertiary/aromatic N) is 3. The molecule has 7 heteroatoms. The van der Waals surface area contributed by atoms with Crippen LogP contribution in [0.1, 0.15) is 40.0 Å². The molecule has 0 spiro atoms. The summed E-state index contributed by atoms with van der Waals surface area (Å²) in [4.78, 5) is 20.8. The van der Waals surface area contributed by atoms with Gasteiger partial charge in [0.15, 0.2) is 5.96 Å². The molecule has 0 aromatic heterocycles. The summed E-state index contributed by atoms with van der Waals surface area (Å²) in [6.07, 6.45) is 2.80. The first-order valence-corrected chi connectivity index (χ1v) is 8.49. The molecular weight excluding hydrogens is 407 g/mol. The highest BCUT2D eigenvalue weighted by molar-refractivity contribution is 14.0. The molecule has 0 aromatic carbocycles. The Hall–Kier alpha value is -0.570. The molecule has 1 saturated heterocycles. The zero-order valence-corrected chi connectivity index (χ0v) is 16.9. The lowest BCUT2D eigenvalue weighted by Gasteiger charge is -2.38. The van der Waals surface area contributed by atoms with Crippen LogP contribution in [0.15, 0.2) is 4.99 Å². The first kappa shape index (κ1) is 20.5. The number of nitrogens with one attached hydrogen (secondary N) is 1. The number of amides is 1. The fourth-order valence-electron chi connectivity index (χ4n) is 2.89. The van der Waals surface area contributed by atoms with E-state index in [1.807, 2.05) is 25.7 Å². The van der Waals surface area contributed by atoms with Crippen LogP contribution >= 0.6 is 24.0 Å². The molecule has 0 atom stereocenters.